The van der Waals surface area contributed by atoms with Crippen molar-refractivity contribution in [2.75, 3.05) is 31.1 Å². The SMILES string of the molecule is Cc1cc(N2CCC(OCCCN)CC2)ncc1[N+](=O)[O-]. The maximum absolute atomic E-state index is 10.8. The highest BCUT2D eigenvalue weighted by atomic mass is 16.6. The highest BCUT2D eigenvalue weighted by Crippen LogP contribution is 2.24. The Kier molecular flexibility index (Phi) is 5.46. The normalized spacial score (nSPS) is 16.2. The molecule has 2 N–H and O–H groups in total. The number of aromatic nitrogens is 1. The van der Waals surface area contributed by atoms with E-state index in [9.17, 15) is 10.1 Å². The largest absolute Gasteiger partial charge is 0.378 e. The average Bonchev–Trinajstić information content (AvgIpc) is 2.48. The number of aryl methyl sites for hydroxylation is 1. The Hall–Kier alpha value is -1.73. The van der Waals surface area contributed by atoms with Gasteiger partial charge in [0.2, 0.25) is 0 Å². The molecule has 0 amide bonds. The summed E-state index contributed by atoms with van der Waals surface area (Å²) in [5.74, 6) is 0.804. The fourth-order valence-corrected chi connectivity index (χ4v) is 2.48. The molecular formula is C14H22N4O3. The summed E-state index contributed by atoms with van der Waals surface area (Å²) in [6.07, 6.45) is 4.41. The molecule has 1 fully saturated rings. The van der Waals surface area contributed by atoms with Crippen LogP contribution < -0.4 is 10.6 Å². The summed E-state index contributed by atoms with van der Waals surface area (Å²) < 4.78 is 5.77. The van der Waals surface area contributed by atoms with Crippen LogP contribution in [0, 0.1) is 17.0 Å². The van der Waals surface area contributed by atoms with Gasteiger partial charge in [-0.3, -0.25) is 10.1 Å². The third kappa shape index (κ3) is 4.12. The lowest BCUT2D eigenvalue weighted by molar-refractivity contribution is -0.385. The first-order chi connectivity index (χ1) is 10.1. The van der Waals surface area contributed by atoms with Gasteiger partial charge < -0.3 is 15.4 Å². The molecule has 0 aromatic carbocycles. The molecule has 2 rings (SSSR count). The van der Waals surface area contributed by atoms with Gasteiger partial charge in [-0.1, -0.05) is 0 Å². The molecule has 0 spiro atoms. The molecule has 0 saturated carbocycles. The van der Waals surface area contributed by atoms with Gasteiger partial charge in [-0.2, -0.15) is 0 Å². The first kappa shape index (κ1) is 15.7. The third-order valence-electron chi connectivity index (χ3n) is 3.73. The standard InChI is InChI=1S/C14H22N4O3/c1-11-9-14(16-10-13(11)18(19)20)17-6-3-12(4-7-17)21-8-2-5-15/h9-10,12H,2-8,15H2,1H3. The van der Waals surface area contributed by atoms with Crippen LogP contribution in [-0.2, 0) is 4.74 Å². The van der Waals surface area contributed by atoms with E-state index in [-0.39, 0.29) is 11.8 Å². The molecular weight excluding hydrogens is 272 g/mol. The van der Waals surface area contributed by atoms with Crippen LogP contribution >= 0.6 is 0 Å². The molecule has 21 heavy (non-hydrogen) atoms. The van der Waals surface area contributed by atoms with Gasteiger partial charge >= 0.3 is 0 Å². The number of hydrogen-bond acceptors (Lipinski definition) is 6. The lowest BCUT2D eigenvalue weighted by Crippen LogP contribution is -2.37. The number of rotatable bonds is 6. The quantitative estimate of drug-likeness (QED) is 0.487. The Labute approximate surface area is 124 Å². The molecule has 1 aliphatic heterocycles. The average molecular weight is 294 g/mol. The Morgan fingerprint density at radius 3 is 2.81 bits per heavy atom. The molecule has 0 atom stereocenters. The first-order valence-electron chi connectivity index (χ1n) is 7.29. The second-order valence-corrected chi connectivity index (χ2v) is 5.29. The number of hydrogen-bond donors (Lipinski definition) is 1. The van der Waals surface area contributed by atoms with E-state index >= 15 is 0 Å². The van der Waals surface area contributed by atoms with Gasteiger partial charge in [0.15, 0.2) is 0 Å². The zero-order valence-corrected chi connectivity index (χ0v) is 12.3. The topological polar surface area (TPSA) is 94.5 Å². The lowest BCUT2D eigenvalue weighted by Gasteiger charge is -2.32. The van der Waals surface area contributed by atoms with E-state index in [0.29, 0.717) is 12.1 Å². The molecule has 1 saturated heterocycles. The number of piperidine rings is 1. The highest BCUT2D eigenvalue weighted by Gasteiger charge is 2.22. The third-order valence-corrected chi connectivity index (χ3v) is 3.73. The maximum atomic E-state index is 10.8. The summed E-state index contributed by atoms with van der Waals surface area (Å²) in [4.78, 5) is 16.8. The smallest absolute Gasteiger partial charge is 0.290 e. The summed E-state index contributed by atoms with van der Waals surface area (Å²) >= 11 is 0. The van der Waals surface area contributed by atoms with Gasteiger partial charge in [0, 0.05) is 25.3 Å². The molecule has 1 aromatic heterocycles. The van der Waals surface area contributed by atoms with Crippen LogP contribution in [0.5, 0.6) is 0 Å². The summed E-state index contributed by atoms with van der Waals surface area (Å²) in [6, 6.07) is 1.79. The van der Waals surface area contributed by atoms with Crippen molar-refractivity contribution in [1.82, 2.24) is 4.98 Å². The molecule has 0 unspecified atom stereocenters. The lowest BCUT2D eigenvalue weighted by atomic mass is 10.1. The predicted octanol–water partition coefficient (Wildman–Crippen LogP) is 1.63. The van der Waals surface area contributed by atoms with Gasteiger partial charge in [-0.15, -0.1) is 0 Å². The van der Waals surface area contributed by atoms with Gasteiger partial charge in [0.25, 0.3) is 5.69 Å². The highest BCUT2D eigenvalue weighted by molar-refractivity contribution is 5.48. The van der Waals surface area contributed by atoms with Crippen LogP contribution in [0.1, 0.15) is 24.8 Å². The predicted molar refractivity (Wildman–Crippen MR) is 80.5 cm³/mol. The molecule has 116 valence electrons. The Morgan fingerprint density at radius 2 is 2.24 bits per heavy atom. The van der Waals surface area contributed by atoms with Crippen molar-refractivity contribution in [2.24, 2.45) is 5.73 Å². The zero-order valence-electron chi connectivity index (χ0n) is 12.3. The van der Waals surface area contributed by atoms with Crippen molar-refractivity contribution in [3.8, 4) is 0 Å². The van der Waals surface area contributed by atoms with Gasteiger partial charge in [0.1, 0.15) is 12.0 Å². The van der Waals surface area contributed by atoms with Crippen LogP contribution in [0.4, 0.5) is 11.5 Å². The van der Waals surface area contributed by atoms with Gasteiger partial charge in [0.05, 0.1) is 11.0 Å². The molecule has 2 heterocycles. The van der Waals surface area contributed by atoms with Crippen molar-refractivity contribution >= 4 is 11.5 Å². The van der Waals surface area contributed by atoms with Crippen LogP contribution in [0.25, 0.3) is 0 Å². The zero-order chi connectivity index (χ0) is 15.2. The van der Waals surface area contributed by atoms with E-state index in [0.717, 1.165) is 44.8 Å². The monoisotopic (exact) mass is 294 g/mol. The number of pyridine rings is 1. The molecule has 7 nitrogen and oxygen atoms in total. The summed E-state index contributed by atoms with van der Waals surface area (Å²) in [5.41, 5.74) is 6.16. The summed E-state index contributed by atoms with van der Waals surface area (Å²) in [6.45, 7) is 4.84. The molecule has 7 heteroatoms. The number of anilines is 1. The van der Waals surface area contributed by atoms with E-state index < -0.39 is 4.92 Å². The fourth-order valence-electron chi connectivity index (χ4n) is 2.48. The first-order valence-corrected chi connectivity index (χ1v) is 7.29. The van der Waals surface area contributed by atoms with E-state index in [1.165, 1.54) is 6.20 Å². The van der Waals surface area contributed by atoms with E-state index in [2.05, 4.69) is 9.88 Å². The molecule has 1 aromatic rings. The molecule has 0 aliphatic carbocycles. The minimum atomic E-state index is -0.399. The minimum Gasteiger partial charge on any atom is -0.378 e. The minimum absolute atomic E-state index is 0.0683. The molecule has 1 aliphatic rings. The molecule has 0 radical (unpaired) electrons. The number of nitrogens with two attached hydrogens (primary N) is 1. The van der Waals surface area contributed by atoms with Crippen LogP contribution in [0.2, 0.25) is 0 Å². The molecule has 0 bridgehead atoms. The van der Waals surface area contributed by atoms with E-state index in [1.54, 1.807) is 13.0 Å². The number of nitrogens with zero attached hydrogens (tertiary/aromatic N) is 3. The van der Waals surface area contributed by atoms with Crippen molar-refractivity contribution in [1.29, 1.82) is 0 Å². The van der Waals surface area contributed by atoms with Crippen LogP contribution in [0.3, 0.4) is 0 Å². The van der Waals surface area contributed by atoms with Gasteiger partial charge in [-0.25, -0.2) is 4.98 Å². The fraction of sp³-hybridized carbons (Fsp3) is 0.643. The Bertz CT molecular complexity index is 487. The van der Waals surface area contributed by atoms with Gasteiger partial charge in [-0.05, 0) is 38.8 Å². The van der Waals surface area contributed by atoms with E-state index in [1.807, 2.05) is 0 Å². The summed E-state index contributed by atoms with van der Waals surface area (Å²) in [7, 11) is 0. The van der Waals surface area contributed by atoms with Crippen LogP contribution in [-0.4, -0.2) is 42.3 Å². The maximum Gasteiger partial charge on any atom is 0.290 e. The Morgan fingerprint density at radius 1 is 1.52 bits per heavy atom. The van der Waals surface area contributed by atoms with Crippen molar-refractivity contribution in [3.05, 3.63) is 27.9 Å². The van der Waals surface area contributed by atoms with E-state index in [4.69, 9.17) is 10.5 Å². The van der Waals surface area contributed by atoms with Crippen molar-refractivity contribution in [2.45, 2.75) is 32.3 Å². The van der Waals surface area contributed by atoms with Crippen LogP contribution in [0.15, 0.2) is 12.3 Å². The number of nitro groups is 1. The summed E-state index contributed by atoms with van der Waals surface area (Å²) in [5, 5.41) is 10.8. The van der Waals surface area contributed by atoms with Crippen molar-refractivity contribution < 1.29 is 9.66 Å². The van der Waals surface area contributed by atoms with Crippen molar-refractivity contribution in [3.63, 3.8) is 0 Å². The Balaban J connectivity index is 1.90. The second-order valence-electron chi connectivity index (χ2n) is 5.29. The number of ether oxygens (including phenoxy) is 1. The second kappa shape index (κ2) is 7.33.